The van der Waals surface area contributed by atoms with Crippen LogP contribution in [0.2, 0.25) is 0 Å². The van der Waals surface area contributed by atoms with Gasteiger partial charge in [0, 0.05) is 18.0 Å². The van der Waals surface area contributed by atoms with Gasteiger partial charge < -0.3 is 9.84 Å². The molecule has 1 N–H and O–H groups in total. The predicted molar refractivity (Wildman–Crippen MR) is 64.9 cm³/mol. The fraction of sp³-hybridized carbons (Fsp3) is 0.231. The molecule has 4 nitrogen and oxygen atoms in total. The second kappa shape index (κ2) is 5.30. The summed E-state index contributed by atoms with van der Waals surface area (Å²) in [6.07, 6.45) is 5.88. The Hall–Kier alpha value is -2.10. The van der Waals surface area contributed by atoms with Crippen LogP contribution in [0.5, 0.6) is 11.5 Å². The average molecular weight is 230 g/mol. The van der Waals surface area contributed by atoms with Gasteiger partial charge in [-0.3, -0.25) is 9.97 Å². The van der Waals surface area contributed by atoms with Crippen molar-refractivity contribution in [2.75, 3.05) is 6.61 Å². The summed E-state index contributed by atoms with van der Waals surface area (Å²) >= 11 is 0. The molecule has 0 atom stereocenters. The van der Waals surface area contributed by atoms with Crippen LogP contribution in [0.1, 0.15) is 13.3 Å². The third kappa shape index (κ3) is 2.72. The minimum atomic E-state index is 0.141. The summed E-state index contributed by atoms with van der Waals surface area (Å²) in [5.41, 5.74) is 1.26. The number of aromatic hydroxyl groups is 1. The van der Waals surface area contributed by atoms with Crippen molar-refractivity contribution in [1.29, 1.82) is 0 Å². The van der Waals surface area contributed by atoms with Gasteiger partial charge >= 0.3 is 0 Å². The van der Waals surface area contributed by atoms with E-state index in [0.717, 1.165) is 12.0 Å². The molecule has 0 fully saturated rings. The van der Waals surface area contributed by atoms with Crippen molar-refractivity contribution in [2.45, 2.75) is 13.3 Å². The van der Waals surface area contributed by atoms with E-state index in [1.807, 2.05) is 13.0 Å². The van der Waals surface area contributed by atoms with Crippen LogP contribution in [-0.2, 0) is 0 Å². The molecule has 0 saturated heterocycles. The second-order valence-electron chi connectivity index (χ2n) is 3.63. The third-order valence-electron chi connectivity index (χ3n) is 2.25. The van der Waals surface area contributed by atoms with Gasteiger partial charge in [-0.05, 0) is 24.6 Å². The third-order valence-corrected chi connectivity index (χ3v) is 2.25. The van der Waals surface area contributed by atoms with Crippen molar-refractivity contribution in [2.24, 2.45) is 0 Å². The van der Waals surface area contributed by atoms with E-state index in [1.165, 1.54) is 0 Å². The van der Waals surface area contributed by atoms with Gasteiger partial charge in [0.15, 0.2) is 0 Å². The lowest BCUT2D eigenvalue weighted by molar-refractivity contribution is 0.316. The molecule has 88 valence electrons. The number of rotatable bonds is 4. The summed E-state index contributed by atoms with van der Waals surface area (Å²) in [7, 11) is 0. The van der Waals surface area contributed by atoms with E-state index >= 15 is 0 Å². The first kappa shape index (κ1) is 11.4. The Morgan fingerprint density at radius 2 is 2.24 bits per heavy atom. The molecule has 0 bridgehead atoms. The molecule has 17 heavy (non-hydrogen) atoms. The second-order valence-corrected chi connectivity index (χ2v) is 3.63. The van der Waals surface area contributed by atoms with Gasteiger partial charge in [-0.2, -0.15) is 0 Å². The minimum Gasteiger partial charge on any atom is -0.506 e. The summed E-state index contributed by atoms with van der Waals surface area (Å²) in [6.45, 7) is 2.70. The first-order chi connectivity index (χ1) is 8.31. The molecule has 0 spiro atoms. The van der Waals surface area contributed by atoms with E-state index in [9.17, 15) is 5.11 Å². The molecule has 2 aromatic heterocycles. The molecule has 0 aliphatic heterocycles. The molecule has 0 aliphatic rings. The number of nitrogens with zero attached hydrogens (tertiary/aromatic N) is 2. The van der Waals surface area contributed by atoms with Crippen LogP contribution in [0.3, 0.4) is 0 Å². The number of ether oxygens (including phenoxy) is 1. The Balaban J connectivity index is 2.30. The molecule has 2 rings (SSSR count). The van der Waals surface area contributed by atoms with Gasteiger partial charge in [0.2, 0.25) is 0 Å². The van der Waals surface area contributed by atoms with Crippen molar-refractivity contribution in [3.63, 3.8) is 0 Å². The van der Waals surface area contributed by atoms with E-state index in [1.54, 1.807) is 30.7 Å². The largest absolute Gasteiger partial charge is 0.506 e. The van der Waals surface area contributed by atoms with E-state index in [4.69, 9.17) is 4.74 Å². The van der Waals surface area contributed by atoms with Crippen molar-refractivity contribution in [3.8, 4) is 22.8 Å². The van der Waals surface area contributed by atoms with Crippen LogP contribution in [-0.4, -0.2) is 21.7 Å². The molecule has 0 amide bonds. The zero-order chi connectivity index (χ0) is 12.1. The molecule has 0 aliphatic carbocycles. The summed E-state index contributed by atoms with van der Waals surface area (Å²) in [5.74, 6) is 0.830. The lowest BCUT2D eigenvalue weighted by Gasteiger charge is -2.06. The highest BCUT2D eigenvalue weighted by atomic mass is 16.5. The Morgan fingerprint density at radius 3 is 3.00 bits per heavy atom. The van der Waals surface area contributed by atoms with Crippen LogP contribution in [0.25, 0.3) is 11.3 Å². The topological polar surface area (TPSA) is 55.2 Å². The minimum absolute atomic E-state index is 0.141. The SMILES string of the molecule is CCCOc1cncc(-c2ncccc2O)c1. The van der Waals surface area contributed by atoms with Gasteiger partial charge in [-0.1, -0.05) is 6.92 Å². The van der Waals surface area contributed by atoms with Gasteiger partial charge in [-0.15, -0.1) is 0 Å². The Kier molecular flexibility index (Phi) is 3.55. The average Bonchev–Trinajstić information content (AvgIpc) is 2.37. The molecule has 0 radical (unpaired) electrons. The van der Waals surface area contributed by atoms with Crippen LogP contribution in [0.4, 0.5) is 0 Å². The van der Waals surface area contributed by atoms with Crippen molar-refractivity contribution in [3.05, 3.63) is 36.8 Å². The Morgan fingerprint density at radius 1 is 1.35 bits per heavy atom. The van der Waals surface area contributed by atoms with Gasteiger partial charge in [0.05, 0.1) is 12.8 Å². The maximum Gasteiger partial charge on any atom is 0.141 e. The fourth-order valence-electron chi connectivity index (χ4n) is 1.47. The van der Waals surface area contributed by atoms with E-state index < -0.39 is 0 Å². The highest BCUT2D eigenvalue weighted by molar-refractivity contribution is 5.65. The van der Waals surface area contributed by atoms with E-state index in [-0.39, 0.29) is 5.75 Å². The highest BCUT2D eigenvalue weighted by Gasteiger charge is 2.06. The first-order valence-electron chi connectivity index (χ1n) is 5.53. The molecule has 2 aromatic rings. The van der Waals surface area contributed by atoms with Crippen molar-refractivity contribution >= 4 is 0 Å². The summed E-state index contributed by atoms with van der Waals surface area (Å²) in [5, 5.41) is 9.70. The number of aromatic nitrogens is 2. The fourth-order valence-corrected chi connectivity index (χ4v) is 1.47. The van der Waals surface area contributed by atoms with Crippen LogP contribution >= 0.6 is 0 Å². The molecule has 0 aromatic carbocycles. The normalized spacial score (nSPS) is 10.2. The van der Waals surface area contributed by atoms with Gasteiger partial charge in [0.25, 0.3) is 0 Å². The monoisotopic (exact) mass is 230 g/mol. The standard InChI is InChI=1S/C13H14N2O2/c1-2-6-17-11-7-10(8-14-9-11)13-12(16)4-3-5-15-13/h3-5,7-9,16H,2,6H2,1H3. The van der Waals surface area contributed by atoms with Gasteiger partial charge in [0.1, 0.15) is 17.2 Å². The van der Waals surface area contributed by atoms with Crippen LogP contribution in [0, 0.1) is 0 Å². The highest BCUT2D eigenvalue weighted by Crippen LogP contribution is 2.27. The Bertz CT molecular complexity index is 500. The van der Waals surface area contributed by atoms with E-state index in [2.05, 4.69) is 9.97 Å². The molecule has 2 heterocycles. The summed E-state index contributed by atoms with van der Waals surface area (Å²) in [4.78, 5) is 8.20. The van der Waals surface area contributed by atoms with Crippen LogP contribution in [0.15, 0.2) is 36.8 Å². The van der Waals surface area contributed by atoms with Crippen molar-refractivity contribution < 1.29 is 9.84 Å². The zero-order valence-electron chi connectivity index (χ0n) is 9.63. The predicted octanol–water partition coefficient (Wildman–Crippen LogP) is 2.64. The molecule has 4 heteroatoms. The molecular weight excluding hydrogens is 216 g/mol. The maximum absolute atomic E-state index is 9.70. The van der Waals surface area contributed by atoms with Gasteiger partial charge in [-0.25, -0.2) is 0 Å². The first-order valence-corrected chi connectivity index (χ1v) is 5.53. The van der Waals surface area contributed by atoms with Crippen LogP contribution < -0.4 is 4.74 Å². The summed E-state index contributed by atoms with van der Waals surface area (Å²) < 4.78 is 5.49. The molecular formula is C13H14N2O2. The number of pyridine rings is 2. The molecule has 0 unspecified atom stereocenters. The van der Waals surface area contributed by atoms with Crippen molar-refractivity contribution in [1.82, 2.24) is 9.97 Å². The zero-order valence-corrected chi connectivity index (χ0v) is 9.63. The quantitative estimate of drug-likeness (QED) is 0.877. The smallest absolute Gasteiger partial charge is 0.141 e. The van der Waals surface area contributed by atoms with E-state index in [0.29, 0.717) is 18.1 Å². The number of hydrogen-bond donors (Lipinski definition) is 1. The number of hydrogen-bond acceptors (Lipinski definition) is 4. The lowest BCUT2D eigenvalue weighted by Crippen LogP contribution is -1.96. The maximum atomic E-state index is 9.70. The molecule has 0 saturated carbocycles. The summed E-state index contributed by atoms with van der Waals surface area (Å²) in [6, 6.07) is 5.11. The Labute approximate surface area is 99.9 Å². The lowest BCUT2D eigenvalue weighted by atomic mass is 10.2.